The highest BCUT2D eigenvalue weighted by atomic mass is 16.5. The van der Waals surface area contributed by atoms with Crippen molar-refractivity contribution in [1.29, 1.82) is 0 Å². The zero-order valence-electron chi connectivity index (χ0n) is 14.8. The van der Waals surface area contributed by atoms with Crippen molar-refractivity contribution in [3.63, 3.8) is 0 Å². The number of nitrogens with zero attached hydrogens (tertiary/aromatic N) is 4. The van der Waals surface area contributed by atoms with E-state index in [4.69, 9.17) is 4.52 Å². The van der Waals surface area contributed by atoms with Gasteiger partial charge in [0.1, 0.15) is 0 Å². The molecule has 1 fully saturated rings. The first kappa shape index (κ1) is 16.8. The Kier molecular flexibility index (Phi) is 5.35. The molecule has 1 atom stereocenters. The molecule has 1 aromatic heterocycles. The van der Waals surface area contributed by atoms with E-state index in [1.54, 1.807) is 0 Å². The zero-order valence-corrected chi connectivity index (χ0v) is 14.8. The summed E-state index contributed by atoms with van der Waals surface area (Å²) in [6.07, 6.45) is 0. The molecule has 2 heterocycles. The topological polar surface area (TPSA) is 57.4 Å². The van der Waals surface area contributed by atoms with E-state index >= 15 is 0 Å². The van der Waals surface area contributed by atoms with Crippen LogP contribution in [0, 0.1) is 0 Å². The maximum absolute atomic E-state index is 5.24. The Morgan fingerprint density at radius 3 is 2.42 bits per heavy atom. The number of nitrogens with one attached hydrogen (secondary N) is 1. The van der Waals surface area contributed by atoms with Gasteiger partial charge in [0.25, 0.3) is 0 Å². The van der Waals surface area contributed by atoms with Crippen molar-refractivity contribution < 1.29 is 4.52 Å². The van der Waals surface area contributed by atoms with Crippen molar-refractivity contribution >= 4 is 11.7 Å². The average molecular weight is 329 g/mol. The maximum atomic E-state index is 5.24. The number of hydrogen-bond donors (Lipinski definition) is 1. The lowest BCUT2D eigenvalue weighted by atomic mass is 10.2. The second-order valence-corrected chi connectivity index (χ2v) is 6.70. The lowest BCUT2D eigenvalue weighted by molar-refractivity contribution is 0.203. The minimum atomic E-state index is 0.285. The summed E-state index contributed by atoms with van der Waals surface area (Å²) in [4.78, 5) is 9.32. The Balaban J connectivity index is 1.45. The normalized spacial score (nSPS) is 17.2. The largest absolute Gasteiger partial charge is 0.369 e. The summed E-state index contributed by atoms with van der Waals surface area (Å²) in [5.41, 5.74) is 1.31. The second-order valence-electron chi connectivity index (χ2n) is 6.70. The number of hydrogen-bond acceptors (Lipinski definition) is 6. The van der Waals surface area contributed by atoms with Gasteiger partial charge in [-0.25, -0.2) is 0 Å². The molecule has 130 valence electrons. The second kappa shape index (κ2) is 7.66. The first-order valence-electron chi connectivity index (χ1n) is 8.75. The SMILES string of the molecule is CC(C)c1noc(NCC(C)N2CCN(c3ccccc3)CC2)n1. The van der Waals surface area contributed by atoms with Crippen molar-refractivity contribution in [2.24, 2.45) is 0 Å². The van der Waals surface area contributed by atoms with E-state index in [1.165, 1.54) is 5.69 Å². The van der Waals surface area contributed by atoms with Crippen LogP contribution >= 0.6 is 0 Å². The minimum Gasteiger partial charge on any atom is -0.369 e. The molecule has 1 saturated heterocycles. The predicted octanol–water partition coefficient (Wildman–Crippen LogP) is 2.82. The van der Waals surface area contributed by atoms with E-state index in [9.17, 15) is 0 Å². The van der Waals surface area contributed by atoms with Crippen LogP contribution in [-0.4, -0.2) is 53.8 Å². The summed E-state index contributed by atoms with van der Waals surface area (Å²) in [7, 11) is 0. The van der Waals surface area contributed by atoms with Crippen LogP contribution in [-0.2, 0) is 0 Å². The summed E-state index contributed by atoms with van der Waals surface area (Å²) < 4.78 is 5.24. The fourth-order valence-corrected chi connectivity index (χ4v) is 2.96. The molecule has 24 heavy (non-hydrogen) atoms. The van der Waals surface area contributed by atoms with Gasteiger partial charge in [0, 0.05) is 50.4 Å². The third-order valence-corrected chi connectivity index (χ3v) is 4.57. The quantitative estimate of drug-likeness (QED) is 0.879. The van der Waals surface area contributed by atoms with E-state index < -0.39 is 0 Å². The van der Waals surface area contributed by atoms with Gasteiger partial charge in [-0.2, -0.15) is 4.98 Å². The first-order chi connectivity index (χ1) is 11.6. The molecule has 0 spiro atoms. The van der Waals surface area contributed by atoms with Crippen LogP contribution in [0.4, 0.5) is 11.7 Å². The minimum absolute atomic E-state index is 0.285. The molecule has 1 aromatic carbocycles. The molecule has 0 radical (unpaired) electrons. The monoisotopic (exact) mass is 329 g/mol. The Morgan fingerprint density at radius 2 is 1.79 bits per heavy atom. The Labute approximate surface area is 143 Å². The lowest BCUT2D eigenvalue weighted by Gasteiger charge is -2.39. The van der Waals surface area contributed by atoms with E-state index in [0.717, 1.165) is 38.5 Å². The fraction of sp³-hybridized carbons (Fsp3) is 0.556. The van der Waals surface area contributed by atoms with E-state index in [1.807, 2.05) is 0 Å². The molecule has 0 saturated carbocycles. The molecular weight excluding hydrogens is 302 g/mol. The molecule has 1 aliphatic rings. The number of piperazine rings is 1. The maximum Gasteiger partial charge on any atom is 0.321 e. The molecule has 1 aliphatic heterocycles. The molecule has 0 amide bonds. The summed E-state index contributed by atoms with van der Waals surface area (Å²) >= 11 is 0. The highest BCUT2D eigenvalue weighted by molar-refractivity contribution is 5.46. The number of rotatable bonds is 6. The van der Waals surface area contributed by atoms with Gasteiger partial charge in [-0.05, 0) is 19.1 Å². The first-order valence-corrected chi connectivity index (χ1v) is 8.75. The van der Waals surface area contributed by atoms with Gasteiger partial charge in [0.2, 0.25) is 0 Å². The summed E-state index contributed by atoms with van der Waals surface area (Å²) in [6.45, 7) is 11.4. The van der Waals surface area contributed by atoms with Crippen LogP contribution < -0.4 is 10.2 Å². The highest BCUT2D eigenvalue weighted by Gasteiger charge is 2.21. The predicted molar refractivity (Wildman–Crippen MR) is 96.6 cm³/mol. The van der Waals surface area contributed by atoms with Crippen molar-refractivity contribution in [2.45, 2.75) is 32.7 Å². The van der Waals surface area contributed by atoms with Gasteiger partial charge in [-0.15, -0.1) is 0 Å². The highest BCUT2D eigenvalue weighted by Crippen LogP contribution is 2.17. The molecule has 6 heteroatoms. The summed E-state index contributed by atoms with van der Waals surface area (Å²) in [5.74, 6) is 1.04. The smallest absolute Gasteiger partial charge is 0.321 e. The Bertz CT molecular complexity index is 619. The molecule has 3 rings (SSSR count). The molecule has 0 bridgehead atoms. The fourth-order valence-electron chi connectivity index (χ4n) is 2.96. The van der Waals surface area contributed by atoms with Gasteiger partial charge in [0.05, 0.1) is 0 Å². The molecular formula is C18H27N5O. The van der Waals surface area contributed by atoms with Crippen molar-refractivity contribution in [1.82, 2.24) is 15.0 Å². The van der Waals surface area contributed by atoms with Crippen LogP contribution in [0.25, 0.3) is 0 Å². The van der Waals surface area contributed by atoms with Crippen LogP contribution in [0.5, 0.6) is 0 Å². The van der Waals surface area contributed by atoms with Gasteiger partial charge in [0.15, 0.2) is 5.82 Å². The third kappa shape index (κ3) is 4.06. The van der Waals surface area contributed by atoms with Gasteiger partial charge >= 0.3 is 6.01 Å². The summed E-state index contributed by atoms with van der Waals surface area (Å²) in [5, 5.41) is 7.25. The molecule has 0 aliphatic carbocycles. The van der Waals surface area contributed by atoms with Crippen LogP contribution in [0.1, 0.15) is 32.5 Å². The van der Waals surface area contributed by atoms with E-state index in [-0.39, 0.29) is 5.92 Å². The molecule has 1 N–H and O–H groups in total. The standard InChI is InChI=1S/C18H27N5O/c1-14(2)17-20-18(24-21-17)19-13-15(3)22-9-11-23(12-10-22)16-7-5-4-6-8-16/h4-8,14-15H,9-13H2,1-3H3,(H,19,20,21). The van der Waals surface area contributed by atoms with Crippen LogP contribution in [0.15, 0.2) is 34.9 Å². The zero-order chi connectivity index (χ0) is 16.9. The Hall–Kier alpha value is -2.08. The van der Waals surface area contributed by atoms with E-state index in [0.29, 0.717) is 12.1 Å². The Morgan fingerprint density at radius 1 is 1.08 bits per heavy atom. The van der Waals surface area contributed by atoms with E-state index in [2.05, 4.69) is 76.4 Å². The van der Waals surface area contributed by atoms with Crippen LogP contribution in [0.2, 0.25) is 0 Å². The summed E-state index contributed by atoms with van der Waals surface area (Å²) in [6, 6.07) is 11.6. The third-order valence-electron chi connectivity index (χ3n) is 4.57. The molecule has 1 unspecified atom stereocenters. The van der Waals surface area contributed by atoms with Crippen molar-refractivity contribution in [3.05, 3.63) is 36.2 Å². The van der Waals surface area contributed by atoms with Gasteiger partial charge in [-0.1, -0.05) is 37.2 Å². The number of para-hydroxylation sites is 1. The van der Waals surface area contributed by atoms with Crippen molar-refractivity contribution in [3.8, 4) is 0 Å². The molecule has 6 nitrogen and oxygen atoms in total. The number of anilines is 2. The van der Waals surface area contributed by atoms with Crippen molar-refractivity contribution in [2.75, 3.05) is 42.9 Å². The number of aromatic nitrogens is 2. The van der Waals surface area contributed by atoms with Gasteiger partial charge in [-0.3, -0.25) is 4.90 Å². The average Bonchev–Trinajstić information content (AvgIpc) is 3.10. The van der Waals surface area contributed by atoms with Crippen LogP contribution in [0.3, 0.4) is 0 Å². The van der Waals surface area contributed by atoms with Gasteiger partial charge < -0.3 is 14.7 Å². The molecule has 2 aromatic rings. The lowest BCUT2D eigenvalue weighted by Crippen LogP contribution is -2.51. The number of benzene rings is 1.